The highest BCUT2D eigenvalue weighted by molar-refractivity contribution is 5.11. The molecule has 5 heteroatoms. The molecule has 1 fully saturated rings. The topological polar surface area (TPSA) is 48.3 Å². The predicted molar refractivity (Wildman–Crippen MR) is 74.4 cm³/mol. The standard InChI is InChI=1S/C14H25N3O2/c1-4-15-13(14-10-18-6-7-19-14)9-12-8-11(3)16-17(12)5-2/h8,13-15H,4-7,9-10H2,1-3H3. The maximum Gasteiger partial charge on any atom is 0.0965 e. The fraction of sp³-hybridized carbons (Fsp3) is 0.786. The van der Waals surface area contributed by atoms with E-state index in [9.17, 15) is 0 Å². The lowest BCUT2D eigenvalue weighted by atomic mass is 10.0. The fourth-order valence-electron chi connectivity index (χ4n) is 2.60. The van der Waals surface area contributed by atoms with Gasteiger partial charge in [0.1, 0.15) is 0 Å². The highest BCUT2D eigenvalue weighted by Gasteiger charge is 2.25. The van der Waals surface area contributed by atoms with E-state index in [-0.39, 0.29) is 12.1 Å². The first-order valence-corrected chi connectivity index (χ1v) is 7.20. The largest absolute Gasteiger partial charge is 0.376 e. The Morgan fingerprint density at radius 2 is 2.32 bits per heavy atom. The lowest BCUT2D eigenvalue weighted by Crippen LogP contribution is -2.48. The fourth-order valence-corrected chi connectivity index (χ4v) is 2.60. The molecule has 1 aromatic heterocycles. The first-order chi connectivity index (χ1) is 9.24. The van der Waals surface area contributed by atoms with E-state index in [0.717, 1.165) is 25.2 Å². The molecule has 0 saturated carbocycles. The van der Waals surface area contributed by atoms with Crippen LogP contribution < -0.4 is 5.32 Å². The molecule has 0 radical (unpaired) electrons. The molecule has 1 N–H and O–H groups in total. The molecule has 2 atom stereocenters. The molecule has 0 amide bonds. The summed E-state index contributed by atoms with van der Waals surface area (Å²) in [5.74, 6) is 0. The number of hydrogen-bond donors (Lipinski definition) is 1. The van der Waals surface area contributed by atoms with Crippen molar-refractivity contribution in [1.82, 2.24) is 15.1 Å². The highest BCUT2D eigenvalue weighted by atomic mass is 16.6. The van der Waals surface area contributed by atoms with Crippen LogP contribution in [0.3, 0.4) is 0 Å². The lowest BCUT2D eigenvalue weighted by Gasteiger charge is -2.31. The molecule has 1 aliphatic rings. The molecule has 5 nitrogen and oxygen atoms in total. The Kier molecular flexibility index (Phi) is 5.36. The van der Waals surface area contributed by atoms with Crippen molar-refractivity contribution in [1.29, 1.82) is 0 Å². The summed E-state index contributed by atoms with van der Waals surface area (Å²) >= 11 is 0. The number of nitrogens with one attached hydrogen (secondary N) is 1. The van der Waals surface area contributed by atoms with Crippen LogP contribution in [0.1, 0.15) is 25.2 Å². The van der Waals surface area contributed by atoms with E-state index < -0.39 is 0 Å². The Labute approximate surface area is 115 Å². The summed E-state index contributed by atoms with van der Waals surface area (Å²) in [6.45, 7) is 10.2. The normalized spacial score (nSPS) is 21.5. The maximum atomic E-state index is 5.83. The van der Waals surface area contributed by atoms with Crippen molar-refractivity contribution in [2.45, 2.75) is 45.9 Å². The van der Waals surface area contributed by atoms with Gasteiger partial charge in [0.25, 0.3) is 0 Å². The second kappa shape index (κ2) is 7.03. The van der Waals surface area contributed by atoms with Crippen molar-refractivity contribution in [3.63, 3.8) is 0 Å². The number of rotatable bonds is 6. The van der Waals surface area contributed by atoms with E-state index in [0.29, 0.717) is 19.8 Å². The minimum atomic E-state index is 0.134. The number of nitrogens with zero attached hydrogens (tertiary/aromatic N) is 2. The van der Waals surface area contributed by atoms with Crippen molar-refractivity contribution in [2.75, 3.05) is 26.4 Å². The zero-order valence-electron chi connectivity index (χ0n) is 12.2. The van der Waals surface area contributed by atoms with Crippen LogP contribution in [0.25, 0.3) is 0 Å². The average molecular weight is 267 g/mol. The SMILES string of the molecule is CCNC(Cc1cc(C)nn1CC)C1COCCO1. The van der Waals surface area contributed by atoms with Gasteiger partial charge in [-0.3, -0.25) is 4.68 Å². The molecule has 19 heavy (non-hydrogen) atoms. The smallest absolute Gasteiger partial charge is 0.0965 e. The Morgan fingerprint density at radius 3 is 2.95 bits per heavy atom. The molecule has 1 aromatic rings. The number of hydrogen-bond acceptors (Lipinski definition) is 4. The van der Waals surface area contributed by atoms with Crippen LogP contribution in [0.2, 0.25) is 0 Å². The average Bonchev–Trinajstić information content (AvgIpc) is 2.79. The first-order valence-electron chi connectivity index (χ1n) is 7.20. The quantitative estimate of drug-likeness (QED) is 0.840. The molecule has 1 saturated heterocycles. The molecule has 108 valence electrons. The van der Waals surface area contributed by atoms with Crippen LogP contribution in [0.5, 0.6) is 0 Å². The van der Waals surface area contributed by atoms with Gasteiger partial charge in [-0.25, -0.2) is 0 Å². The summed E-state index contributed by atoms with van der Waals surface area (Å²) in [7, 11) is 0. The van der Waals surface area contributed by atoms with E-state index in [4.69, 9.17) is 9.47 Å². The summed E-state index contributed by atoms with van der Waals surface area (Å²) in [6.07, 6.45) is 1.06. The van der Waals surface area contributed by atoms with Crippen molar-refractivity contribution in [3.8, 4) is 0 Å². The van der Waals surface area contributed by atoms with Gasteiger partial charge in [0.15, 0.2) is 0 Å². The van der Waals surface area contributed by atoms with E-state index in [1.807, 2.05) is 6.92 Å². The third kappa shape index (κ3) is 3.78. The Bertz CT molecular complexity index is 386. The summed E-state index contributed by atoms with van der Waals surface area (Å²) in [5, 5.41) is 8.02. The van der Waals surface area contributed by atoms with Crippen molar-refractivity contribution < 1.29 is 9.47 Å². The molecule has 2 heterocycles. The van der Waals surface area contributed by atoms with Crippen LogP contribution in [-0.4, -0.2) is 48.3 Å². The van der Waals surface area contributed by atoms with Crippen LogP contribution in [0, 0.1) is 6.92 Å². The van der Waals surface area contributed by atoms with Gasteiger partial charge < -0.3 is 14.8 Å². The molecule has 2 rings (SSSR count). The van der Waals surface area contributed by atoms with Crippen LogP contribution in [0.15, 0.2) is 6.07 Å². The van der Waals surface area contributed by atoms with Gasteiger partial charge in [0, 0.05) is 24.7 Å². The van der Waals surface area contributed by atoms with E-state index >= 15 is 0 Å². The highest BCUT2D eigenvalue weighted by Crippen LogP contribution is 2.13. The number of aryl methyl sites for hydroxylation is 2. The Hall–Kier alpha value is -0.910. The molecule has 1 aliphatic heterocycles. The molecule has 0 aromatic carbocycles. The molecular formula is C14H25N3O2. The second-order valence-electron chi connectivity index (χ2n) is 4.95. The zero-order chi connectivity index (χ0) is 13.7. The second-order valence-corrected chi connectivity index (χ2v) is 4.95. The van der Waals surface area contributed by atoms with Crippen LogP contribution in [0.4, 0.5) is 0 Å². The van der Waals surface area contributed by atoms with E-state index in [1.165, 1.54) is 5.69 Å². The first kappa shape index (κ1) is 14.5. The van der Waals surface area contributed by atoms with Crippen LogP contribution >= 0.6 is 0 Å². The number of likely N-dealkylation sites (N-methyl/N-ethyl adjacent to an activating group) is 1. The van der Waals surface area contributed by atoms with Gasteiger partial charge in [-0.2, -0.15) is 5.10 Å². The monoisotopic (exact) mass is 267 g/mol. The molecular weight excluding hydrogens is 242 g/mol. The van der Waals surface area contributed by atoms with Gasteiger partial charge in [0.05, 0.1) is 31.6 Å². The molecule has 0 spiro atoms. The predicted octanol–water partition coefficient (Wildman–Crippen LogP) is 1.15. The van der Waals surface area contributed by atoms with Gasteiger partial charge in [-0.15, -0.1) is 0 Å². The Balaban J connectivity index is 2.06. The minimum absolute atomic E-state index is 0.134. The van der Waals surface area contributed by atoms with Crippen molar-refractivity contribution in [3.05, 3.63) is 17.5 Å². The zero-order valence-corrected chi connectivity index (χ0v) is 12.2. The summed E-state index contributed by atoms with van der Waals surface area (Å²) < 4.78 is 13.4. The van der Waals surface area contributed by atoms with Gasteiger partial charge in [0.2, 0.25) is 0 Å². The van der Waals surface area contributed by atoms with Crippen LogP contribution in [-0.2, 0) is 22.4 Å². The van der Waals surface area contributed by atoms with Gasteiger partial charge in [-0.05, 0) is 26.5 Å². The maximum absolute atomic E-state index is 5.83. The number of aromatic nitrogens is 2. The molecule has 2 unspecified atom stereocenters. The summed E-state index contributed by atoms with van der Waals surface area (Å²) in [6, 6.07) is 2.45. The minimum Gasteiger partial charge on any atom is -0.376 e. The van der Waals surface area contributed by atoms with Crippen molar-refractivity contribution in [2.24, 2.45) is 0 Å². The summed E-state index contributed by atoms with van der Waals surface area (Å²) in [4.78, 5) is 0. The molecule has 0 bridgehead atoms. The van der Waals surface area contributed by atoms with Gasteiger partial charge >= 0.3 is 0 Å². The number of ether oxygens (including phenoxy) is 2. The molecule has 0 aliphatic carbocycles. The third-order valence-corrected chi connectivity index (χ3v) is 3.47. The third-order valence-electron chi connectivity index (χ3n) is 3.47. The summed E-state index contributed by atoms with van der Waals surface area (Å²) in [5.41, 5.74) is 2.34. The van der Waals surface area contributed by atoms with Crippen molar-refractivity contribution >= 4 is 0 Å². The Morgan fingerprint density at radius 1 is 1.47 bits per heavy atom. The van der Waals surface area contributed by atoms with E-state index in [1.54, 1.807) is 0 Å². The lowest BCUT2D eigenvalue weighted by molar-refractivity contribution is -0.101. The van der Waals surface area contributed by atoms with Gasteiger partial charge in [-0.1, -0.05) is 6.92 Å². The van der Waals surface area contributed by atoms with E-state index in [2.05, 4.69) is 35.0 Å².